The van der Waals surface area contributed by atoms with Crippen molar-refractivity contribution in [1.29, 1.82) is 0 Å². The molecule has 2 atom stereocenters. The highest BCUT2D eigenvalue weighted by Crippen LogP contribution is 2.33. The van der Waals surface area contributed by atoms with E-state index in [1.165, 1.54) is 0 Å². The van der Waals surface area contributed by atoms with Gasteiger partial charge in [0.25, 0.3) is 5.91 Å². The molecule has 5 N–H and O–H groups in total. The third-order valence-corrected chi connectivity index (χ3v) is 5.15. The zero-order chi connectivity index (χ0) is 22.1. The first-order valence-corrected chi connectivity index (χ1v) is 10.4. The third-order valence-electron chi connectivity index (χ3n) is 5.15. The van der Waals surface area contributed by atoms with E-state index in [-0.39, 0.29) is 47.9 Å². The van der Waals surface area contributed by atoms with Crippen molar-refractivity contribution < 1.29 is 14.3 Å². The Morgan fingerprint density at radius 3 is 2.42 bits per heavy atom. The van der Waals surface area contributed by atoms with E-state index in [1.807, 2.05) is 12.1 Å². The van der Waals surface area contributed by atoms with Crippen molar-refractivity contribution in [2.45, 2.75) is 46.3 Å². The molecule has 0 bridgehead atoms. The fourth-order valence-corrected chi connectivity index (χ4v) is 3.69. The molecular formula is C22H36IN5O3. The number of benzene rings is 1. The second kappa shape index (κ2) is 12.8. The number of amides is 2. The molecule has 8 nitrogen and oxygen atoms in total. The van der Waals surface area contributed by atoms with Crippen LogP contribution in [0.1, 0.15) is 49.5 Å². The summed E-state index contributed by atoms with van der Waals surface area (Å²) in [6, 6.07) is 7.17. The van der Waals surface area contributed by atoms with Gasteiger partial charge >= 0.3 is 0 Å². The molecule has 0 saturated carbocycles. The topological polar surface area (TPSA) is 118 Å². The van der Waals surface area contributed by atoms with E-state index in [4.69, 9.17) is 10.5 Å². The van der Waals surface area contributed by atoms with Gasteiger partial charge < -0.3 is 26.4 Å². The molecule has 1 heterocycles. The fraction of sp³-hybridized carbons (Fsp3) is 0.591. The zero-order valence-electron chi connectivity index (χ0n) is 18.9. The second-order valence-electron chi connectivity index (χ2n) is 8.71. The predicted molar refractivity (Wildman–Crippen MR) is 134 cm³/mol. The molecule has 0 radical (unpaired) electrons. The van der Waals surface area contributed by atoms with Crippen molar-refractivity contribution in [2.24, 2.45) is 22.1 Å². The minimum atomic E-state index is -0.573. The van der Waals surface area contributed by atoms with E-state index in [1.54, 1.807) is 19.2 Å². The SMILES string of the molecule is CN=C(NCc1ccc(C(=O)NCC(N)=O)cc1)NCC1CCCOC1C(C)(C)C.I. The summed E-state index contributed by atoms with van der Waals surface area (Å²) in [5, 5.41) is 9.19. The van der Waals surface area contributed by atoms with Crippen molar-refractivity contribution in [3.63, 3.8) is 0 Å². The largest absolute Gasteiger partial charge is 0.377 e. The molecule has 0 spiro atoms. The molecule has 2 rings (SSSR count). The summed E-state index contributed by atoms with van der Waals surface area (Å²) in [5.41, 5.74) is 6.64. The Bertz CT molecular complexity index is 747. The summed E-state index contributed by atoms with van der Waals surface area (Å²) in [4.78, 5) is 27.0. The molecule has 2 amide bonds. The van der Waals surface area contributed by atoms with Crippen LogP contribution in [0.25, 0.3) is 0 Å². The smallest absolute Gasteiger partial charge is 0.251 e. The van der Waals surface area contributed by atoms with E-state index in [2.05, 4.69) is 41.7 Å². The average Bonchev–Trinajstić information content (AvgIpc) is 2.72. The van der Waals surface area contributed by atoms with Gasteiger partial charge in [0.05, 0.1) is 12.6 Å². The number of carbonyl (C=O) groups excluding carboxylic acids is 2. The lowest BCUT2D eigenvalue weighted by molar-refractivity contribution is -0.117. The summed E-state index contributed by atoms with van der Waals surface area (Å²) >= 11 is 0. The van der Waals surface area contributed by atoms with Gasteiger partial charge in [0.2, 0.25) is 5.91 Å². The van der Waals surface area contributed by atoms with Gasteiger partial charge in [0, 0.05) is 38.2 Å². The number of ether oxygens (including phenoxy) is 1. The summed E-state index contributed by atoms with van der Waals surface area (Å²) < 4.78 is 6.05. The molecule has 1 aromatic carbocycles. The number of nitrogens with zero attached hydrogens (tertiary/aromatic N) is 1. The molecule has 1 fully saturated rings. The number of guanidine groups is 1. The molecule has 31 heavy (non-hydrogen) atoms. The standard InChI is InChI=1S/C22H35N5O3.HI/c1-22(2,3)19-17(6-5-11-30-19)13-27-21(24-4)26-12-15-7-9-16(10-8-15)20(29)25-14-18(23)28;/h7-10,17,19H,5-6,11-14H2,1-4H3,(H2,23,28)(H,25,29)(H2,24,26,27);1H. The van der Waals surface area contributed by atoms with Crippen molar-refractivity contribution in [2.75, 3.05) is 26.7 Å². The first kappa shape index (κ1) is 27.2. The van der Waals surface area contributed by atoms with Crippen molar-refractivity contribution in [3.05, 3.63) is 35.4 Å². The molecule has 0 aromatic heterocycles. The summed E-state index contributed by atoms with van der Waals surface area (Å²) in [6.07, 6.45) is 2.46. The van der Waals surface area contributed by atoms with E-state index in [0.717, 1.165) is 37.5 Å². The third kappa shape index (κ3) is 9.02. The Hall–Kier alpha value is -1.88. The molecule has 174 valence electrons. The van der Waals surface area contributed by atoms with Crippen LogP contribution in [0.2, 0.25) is 0 Å². The number of rotatable bonds is 7. The molecule has 1 aliphatic heterocycles. The van der Waals surface area contributed by atoms with E-state index >= 15 is 0 Å². The average molecular weight is 545 g/mol. The van der Waals surface area contributed by atoms with Gasteiger partial charge in [-0.25, -0.2) is 0 Å². The van der Waals surface area contributed by atoms with Crippen LogP contribution in [0, 0.1) is 11.3 Å². The number of nitrogens with two attached hydrogens (primary N) is 1. The molecule has 9 heteroatoms. The maximum atomic E-state index is 11.9. The number of halogens is 1. The second-order valence-corrected chi connectivity index (χ2v) is 8.71. The zero-order valence-corrected chi connectivity index (χ0v) is 21.2. The minimum Gasteiger partial charge on any atom is -0.377 e. The number of hydrogen-bond acceptors (Lipinski definition) is 4. The van der Waals surface area contributed by atoms with Gasteiger partial charge in [-0.05, 0) is 36.0 Å². The number of carbonyl (C=O) groups is 2. The quantitative estimate of drug-likeness (QED) is 0.238. The van der Waals surface area contributed by atoms with Gasteiger partial charge in [-0.2, -0.15) is 0 Å². The van der Waals surface area contributed by atoms with Crippen LogP contribution in [-0.2, 0) is 16.1 Å². The van der Waals surface area contributed by atoms with Crippen LogP contribution in [0.3, 0.4) is 0 Å². The normalized spacial score (nSPS) is 19.2. The van der Waals surface area contributed by atoms with E-state index < -0.39 is 5.91 Å². The van der Waals surface area contributed by atoms with E-state index in [9.17, 15) is 9.59 Å². The highest BCUT2D eigenvalue weighted by Gasteiger charge is 2.35. The summed E-state index contributed by atoms with van der Waals surface area (Å²) in [6.45, 7) is 8.71. The maximum Gasteiger partial charge on any atom is 0.251 e. The van der Waals surface area contributed by atoms with Gasteiger partial charge in [-0.1, -0.05) is 32.9 Å². The van der Waals surface area contributed by atoms with Crippen LogP contribution >= 0.6 is 24.0 Å². The van der Waals surface area contributed by atoms with Crippen molar-refractivity contribution >= 4 is 41.8 Å². The van der Waals surface area contributed by atoms with Gasteiger partial charge in [0.1, 0.15) is 0 Å². The Morgan fingerprint density at radius 1 is 1.16 bits per heavy atom. The van der Waals surface area contributed by atoms with Crippen LogP contribution < -0.4 is 21.7 Å². The van der Waals surface area contributed by atoms with Gasteiger partial charge in [0.15, 0.2) is 5.96 Å². The van der Waals surface area contributed by atoms with Crippen molar-refractivity contribution in [3.8, 4) is 0 Å². The van der Waals surface area contributed by atoms with Crippen LogP contribution in [0.15, 0.2) is 29.3 Å². The van der Waals surface area contributed by atoms with Crippen LogP contribution in [0.4, 0.5) is 0 Å². The summed E-state index contributed by atoms with van der Waals surface area (Å²) in [5.74, 6) is 0.276. The van der Waals surface area contributed by atoms with Crippen LogP contribution in [-0.4, -0.2) is 50.6 Å². The van der Waals surface area contributed by atoms with Gasteiger partial charge in [-0.15, -0.1) is 24.0 Å². The number of nitrogens with one attached hydrogen (secondary N) is 3. The Kier molecular flexibility index (Phi) is 11.3. The number of primary amides is 1. The molecular weight excluding hydrogens is 509 g/mol. The lowest BCUT2D eigenvalue weighted by Gasteiger charge is -2.40. The maximum absolute atomic E-state index is 11.9. The number of hydrogen-bond donors (Lipinski definition) is 4. The predicted octanol–water partition coefficient (Wildman–Crippen LogP) is 2.03. The van der Waals surface area contributed by atoms with Crippen molar-refractivity contribution in [1.82, 2.24) is 16.0 Å². The summed E-state index contributed by atoms with van der Waals surface area (Å²) in [7, 11) is 1.75. The molecule has 1 aliphatic rings. The van der Waals surface area contributed by atoms with E-state index in [0.29, 0.717) is 18.0 Å². The lowest BCUT2D eigenvalue weighted by atomic mass is 9.78. The monoisotopic (exact) mass is 545 g/mol. The minimum absolute atomic E-state index is 0. The Balaban J connectivity index is 0.00000480. The highest BCUT2D eigenvalue weighted by molar-refractivity contribution is 14.0. The lowest BCUT2D eigenvalue weighted by Crippen LogP contribution is -2.47. The van der Waals surface area contributed by atoms with Crippen LogP contribution in [0.5, 0.6) is 0 Å². The molecule has 2 unspecified atom stereocenters. The molecule has 0 aliphatic carbocycles. The Morgan fingerprint density at radius 2 is 1.84 bits per heavy atom. The highest BCUT2D eigenvalue weighted by atomic mass is 127. The van der Waals surface area contributed by atoms with Gasteiger partial charge in [-0.3, -0.25) is 14.6 Å². The molecule has 1 saturated heterocycles. The first-order chi connectivity index (χ1) is 14.2. The Labute approximate surface area is 202 Å². The fourth-order valence-electron chi connectivity index (χ4n) is 3.69. The first-order valence-electron chi connectivity index (χ1n) is 10.4. The number of aliphatic imine (C=N–C) groups is 1. The molecule has 1 aromatic rings.